The van der Waals surface area contributed by atoms with Gasteiger partial charge in [0.05, 0.1) is 16.1 Å². The van der Waals surface area contributed by atoms with Gasteiger partial charge < -0.3 is 9.84 Å². The lowest BCUT2D eigenvalue weighted by molar-refractivity contribution is -0.0498. The van der Waals surface area contributed by atoms with Gasteiger partial charge in [-0.1, -0.05) is 39.0 Å². The first-order chi connectivity index (χ1) is 12.7. The van der Waals surface area contributed by atoms with Gasteiger partial charge in [0.1, 0.15) is 11.4 Å². The number of halogens is 2. The van der Waals surface area contributed by atoms with E-state index in [0.29, 0.717) is 5.69 Å². The Morgan fingerprint density at radius 1 is 1.00 bits per heavy atom. The molecule has 0 fully saturated rings. The minimum absolute atomic E-state index is 0.102. The van der Waals surface area contributed by atoms with Crippen molar-refractivity contribution >= 4 is 11.3 Å². The lowest BCUT2D eigenvalue weighted by atomic mass is 9.73. The van der Waals surface area contributed by atoms with E-state index in [0.717, 1.165) is 16.0 Å². The third-order valence-electron chi connectivity index (χ3n) is 4.42. The zero-order chi connectivity index (χ0) is 19.7. The van der Waals surface area contributed by atoms with Gasteiger partial charge in [-0.05, 0) is 23.8 Å². The number of hydrogen-bond donors (Lipinski definition) is 1. The Balaban J connectivity index is 1.92. The van der Waals surface area contributed by atoms with Crippen LogP contribution < -0.4 is 4.74 Å². The van der Waals surface area contributed by atoms with Gasteiger partial charge in [-0.25, -0.2) is 0 Å². The maximum absolute atomic E-state index is 12.3. The van der Waals surface area contributed by atoms with E-state index in [2.05, 4.69) is 14.7 Å². The SMILES string of the molecule is CC(C)(C)C(O)(c1ccc(-c2ccc(OC(F)F)cc2)cn1)c1cncs1. The summed E-state index contributed by atoms with van der Waals surface area (Å²) in [6.07, 6.45) is 3.32. The monoisotopic (exact) mass is 390 g/mol. The minimum Gasteiger partial charge on any atom is -0.435 e. The Kier molecular flexibility index (Phi) is 5.26. The van der Waals surface area contributed by atoms with Crippen LogP contribution in [0.1, 0.15) is 31.3 Å². The number of thiazole rings is 1. The summed E-state index contributed by atoms with van der Waals surface area (Å²) in [4.78, 5) is 9.31. The highest BCUT2D eigenvalue weighted by molar-refractivity contribution is 7.09. The Morgan fingerprint density at radius 3 is 2.15 bits per heavy atom. The van der Waals surface area contributed by atoms with Crippen molar-refractivity contribution in [1.29, 1.82) is 0 Å². The molecule has 0 spiro atoms. The second kappa shape index (κ2) is 7.32. The molecule has 1 unspecified atom stereocenters. The van der Waals surface area contributed by atoms with Crippen LogP contribution >= 0.6 is 11.3 Å². The van der Waals surface area contributed by atoms with E-state index < -0.39 is 17.6 Å². The van der Waals surface area contributed by atoms with E-state index in [1.807, 2.05) is 26.8 Å². The van der Waals surface area contributed by atoms with Gasteiger partial charge in [0.15, 0.2) is 0 Å². The predicted octanol–water partition coefficient (Wildman–Crippen LogP) is 5.09. The predicted molar refractivity (Wildman–Crippen MR) is 101 cm³/mol. The topological polar surface area (TPSA) is 55.2 Å². The van der Waals surface area contributed by atoms with Crippen LogP contribution in [0.15, 0.2) is 54.3 Å². The van der Waals surface area contributed by atoms with Crippen LogP contribution in [-0.4, -0.2) is 21.7 Å². The number of hydrogen-bond acceptors (Lipinski definition) is 5. The Labute approximate surface area is 160 Å². The zero-order valence-electron chi connectivity index (χ0n) is 15.2. The van der Waals surface area contributed by atoms with Gasteiger partial charge in [-0.3, -0.25) is 9.97 Å². The quantitative estimate of drug-likeness (QED) is 0.659. The second-order valence-corrected chi connectivity index (χ2v) is 8.05. The molecule has 1 atom stereocenters. The van der Waals surface area contributed by atoms with Crippen molar-refractivity contribution < 1.29 is 18.6 Å². The lowest BCUT2D eigenvalue weighted by Crippen LogP contribution is -2.41. The molecule has 0 radical (unpaired) electrons. The summed E-state index contributed by atoms with van der Waals surface area (Å²) in [5.74, 6) is 0.102. The molecular formula is C20H20F2N2O2S. The van der Waals surface area contributed by atoms with Crippen molar-refractivity contribution in [2.45, 2.75) is 33.0 Å². The van der Waals surface area contributed by atoms with Crippen molar-refractivity contribution in [3.8, 4) is 16.9 Å². The van der Waals surface area contributed by atoms with Crippen LogP contribution in [0.2, 0.25) is 0 Å². The highest BCUT2D eigenvalue weighted by Crippen LogP contribution is 2.45. The van der Waals surface area contributed by atoms with E-state index in [1.165, 1.54) is 23.5 Å². The molecule has 4 nitrogen and oxygen atoms in total. The first-order valence-corrected chi connectivity index (χ1v) is 9.23. The molecule has 1 N–H and O–H groups in total. The van der Waals surface area contributed by atoms with Crippen molar-refractivity contribution in [2.75, 3.05) is 0 Å². The summed E-state index contributed by atoms with van der Waals surface area (Å²) in [7, 11) is 0. The van der Waals surface area contributed by atoms with Gasteiger partial charge in [0.25, 0.3) is 0 Å². The van der Waals surface area contributed by atoms with E-state index in [9.17, 15) is 13.9 Å². The molecule has 0 amide bonds. The summed E-state index contributed by atoms with van der Waals surface area (Å²) in [5.41, 5.74) is 2.06. The Hall–Kier alpha value is -2.38. The fraction of sp³-hybridized carbons (Fsp3) is 0.300. The third-order valence-corrected chi connectivity index (χ3v) is 5.30. The molecule has 0 saturated heterocycles. The van der Waals surface area contributed by atoms with Crippen molar-refractivity contribution in [1.82, 2.24) is 9.97 Å². The number of pyridine rings is 1. The van der Waals surface area contributed by atoms with E-state index in [1.54, 1.807) is 36.1 Å². The summed E-state index contributed by atoms with van der Waals surface area (Å²) >= 11 is 1.38. The van der Waals surface area contributed by atoms with E-state index in [-0.39, 0.29) is 5.75 Å². The Bertz CT molecular complexity index is 876. The minimum atomic E-state index is -2.85. The number of rotatable bonds is 5. The number of aliphatic hydroxyl groups is 1. The first-order valence-electron chi connectivity index (χ1n) is 8.35. The number of benzene rings is 1. The molecule has 7 heteroatoms. The molecule has 27 heavy (non-hydrogen) atoms. The van der Waals surface area contributed by atoms with Crippen LogP contribution in [0.25, 0.3) is 11.1 Å². The van der Waals surface area contributed by atoms with Crippen LogP contribution in [0, 0.1) is 5.41 Å². The largest absolute Gasteiger partial charge is 0.435 e. The summed E-state index contributed by atoms with van der Waals surface area (Å²) in [6, 6.07) is 9.98. The Morgan fingerprint density at radius 2 is 1.67 bits per heavy atom. The number of ether oxygens (including phenoxy) is 1. The smallest absolute Gasteiger partial charge is 0.387 e. The number of alkyl halides is 2. The maximum atomic E-state index is 12.3. The van der Waals surface area contributed by atoms with E-state index in [4.69, 9.17) is 0 Å². The maximum Gasteiger partial charge on any atom is 0.387 e. The molecule has 142 valence electrons. The highest BCUT2D eigenvalue weighted by Gasteiger charge is 2.45. The molecule has 3 rings (SSSR count). The molecular weight excluding hydrogens is 370 g/mol. The molecule has 0 aliphatic heterocycles. The number of nitrogens with zero attached hydrogens (tertiary/aromatic N) is 2. The van der Waals surface area contributed by atoms with Crippen molar-refractivity contribution in [2.24, 2.45) is 5.41 Å². The number of aromatic nitrogens is 2. The van der Waals surface area contributed by atoms with Crippen LogP contribution in [0.3, 0.4) is 0 Å². The van der Waals surface area contributed by atoms with Crippen LogP contribution in [-0.2, 0) is 5.60 Å². The fourth-order valence-corrected chi connectivity index (χ4v) is 3.82. The molecule has 2 heterocycles. The third kappa shape index (κ3) is 3.84. The summed E-state index contributed by atoms with van der Waals surface area (Å²) in [6.45, 7) is 3.00. The molecule has 1 aromatic carbocycles. The summed E-state index contributed by atoms with van der Waals surface area (Å²) < 4.78 is 28.9. The molecule has 0 saturated carbocycles. The average molecular weight is 390 g/mol. The van der Waals surface area contributed by atoms with Crippen LogP contribution in [0.5, 0.6) is 5.75 Å². The molecule has 0 aliphatic rings. The molecule has 0 bridgehead atoms. The van der Waals surface area contributed by atoms with Gasteiger partial charge in [-0.15, -0.1) is 11.3 Å². The van der Waals surface area contributed by atoms with Gasteiger partial charge >= 0.3 is 6.61 Å². The zero-order valence-corrected chi connectivity index (χ0v) is 16.0. The second-order valence-electron chi connectivity index (χ2n) is 7.16. The van der Waals surface area contributed by atoms with E-state index >= 15 is 0 Å². The van der Waals surface area contributed by atoms with Crippen molar-refractivity contribution in [3.05, 3.63) is 64.9 Å². The van der Waals surface area contributed by atoms with Crippen LogP contribution in [0.4, 0.5) is 8.78 Å². The molecule has 0 aliphatic carbocycles. The normalized spacial score (nSPS) is 14.2. The highest BCUT2D eigenvalue weighted by atomic mass is 32.1. The van der Waals surface area contributed by atoms with Gasteiger partial charge in [0, 0.05) is 23.4 Å². The fourth-order valence-electron chi connectivity index (χ4n) is 2.88. The van der Waals surface area contributed by atoms with Gasteiger partial charge in [-0.2, -0.15) is 8.78 Å². The first kappa shape index (κ1) is 19.4. The average Bonchev–Trinajstić information content (AvgIpc) is 3.15. The standard InChI is InChI=1S/C20H20F2N2O2S/c1-19(2,3)20(25,17-11-23-12-27-17)16-9-6-14(10-24-16)13-4-7-15(8-5-13)26-18(21)22/h4-12,18,25H,1-3H3. The van der Waals surface area contributed by atoms with Crippen molar-refractivity contribution in [3.63, 3.8) is 0 Å². The molecule has 3 aromatic rings. The summed E-state index contributed by atoms with van der Waals surface area (Å²) in [5, 5.41) is 11.5. The lowest BCUT2D eigenvalue weighted by Gasteiger charge is -2.38. The molecule has 2 aromatic heterocycles. The van der Waals surface area contributed by atoms with Gasteiger partial charge in [0.2, 0.25) is 0 Å².